The molecule has 1 heterocycles. The highest BCUT2D eigenvalue weighted by atomic mass is 16.5. The molecule has 0 aliphatic rings. The molecule has 1 aromatic carbocycles. The van der Waals surface area contributed by atoms with Crippen LogP contribution in [0.15, 0.2) is 16.5 Å². The third-order valence-corrected chi connectivity index (χ3v) is 2.85. The molecule has 2 aromatic rings. The van der Waals surface area contributed by atoms with Crippen molar-refractivity contribution < 1.29 is 23.4 Å². The summed E-state index contributed by atoms with van der Waals surface area (Å²) in [5.74, 6) is 1.09. The van der Waals surface area contributed by atoms with Crippen molar-refractivity contribution in [3.8, 4) is 11.5 Å². The van der Waals surface area contributed by atoms with Crippen molar-refractivity contribution in [2.45, 2.75) is 13.8 Å². The molecule has 19 heavy (non-hydrogen) atoms. The van der Waals surface area contributed by atoms with Crippen LogP contribution in [0.1, 0.15) is 23.0 Å². The molecule has 0 saturated carbocycles. The third-order valence-electron chi connectivity index (χ3n) is 2.85. The Bertz CT molecular complexity index is 612. The third kappa shape index (κ3) is 2.12. The minimum Gasteiger partial charge on any atom is -0.493 e. The SMILES string of the molecule is CCOC(=O)c1c(C)oc2ccc(OC)c(OC)c12. The average molecular weight is 264 g/mol. The number of ether oxygens (including phenoxy) is 3. The van der Waals surface area contributed by atoms with Crippen LogP contribution < -0.4 is 9.47 Å². The number of hydrogen-bond donors (Lipinski definition) is 0. The van der Waals surface area contributed by atoms with Gasteiger partial charge in [0.15, 0.2) is 11.5 Å². The molecule has 0 aliphatic heterocycles. The second kappa shape index (κ2) is 5.22. The van der Waals surface area contributed by atoms with Gasteiger partial charge < -0.3 is 18.6 Å². The predicted molar refractivity (Wildman–Crippen MR) is 70.0 cm³/mol. The van der Waals surface area contributed by atoms with Gasteiger partial charge in [0, 0.05) is 0 Å². The Morgan fingerprint density at radius 2 is 2.00 bits per heavy atom. The lowest BCUT2D eigenvalue weighted by molar-refractivity contribution is 0.0526. The Labute approximate surface area is 111 Å². The van der Waals surface area contributed by atoms with Gasteiger partial charge in [-0.3, -0.25) is 0 Å². The molecular weight excluding hydrogens is 248 g/mol. The number of carbonyl (C=O) groups excluding carboxylic acids is 1. The second-order valence-corrected chi connectivity index (χ2v) is 3.93. The summed E-state index contributed by atoms with van der Waals surface area (Å²) in [4.78, 5) is 12.0. The molecule has 0 saturated heterocycles. The van der Waals surface area contributed by atoms with Crippen molar-refractivity contribution in [2.24, 2.45) is 0 Å². The smallest absolute Gasteiger partial charge is 0.342 e. The zero-order chi connectivity index (χ0) is 14.0. The molecule has 0 aliphatic carbocycles. The fraction of sp³-hybridized carbons (Fsp3) is 0.357. The van der Waals surface area contributed by atoms with Gasteiger partial charge in [-0.15, -0.1) is 0 Å². The highest BCUT2D eigenvalue weighted by molar-refractivity contribution is 6.07. The monoisotopic (exact) mass is 264 g/mol. The maximum Gasteiger partial charge on any atom is 0.342 e. The Hall–Kier alpha value is -2.17. The van der Waals surface area contributed by atoms with Gasteiger partial charge in [0.05, 0.1) is 26.2 Å². The van der Waals surface area contributed by atoms with Crippen molar-refractivity contribution in [3.05, 3.63) is 23.5 Å². The van der Waals surface area contributed by atoms with E-state index in [1.165, 1.54) is 7.11 Å². The van der Waals surface area contributed by atoms with Gasteiger partial charge in [-0.05, 0) is 26.0 Å². The first kappa shape index (κ1) is 13.3. The predicted octanol–water partition coefficient (Wildman–Crippen LogP) is 2.94. The normalized spacial score (nSPS) is 10.5. The van der Waals surface area contributed by atoms with E-state index in [0.29, 0.717) is 40.4 Å². The quantitative estimate of drug-likeness (QED) is 0.795. The van der Waals surface area contributed by atoms with Gasteiger partial charge in [0.25, 0.3) is 0 Å². The number of hydrogen-bond acceptors (Lipinski definition) is 5. The zero-order valence-corrected chi connectivity index (χ0v) is 11.4. The number of methoxy groups -OCH3 is 2. The van der Waals surface area contributed by atoms with Crippen LogP contribution in [-0.2, 0) is 4.74 Å². The second-order valence-electron chi connectivity index (χ2n) is 3.93. The molecule has 0 spiro atoms. The average Bonchev–Trinajstić information content (AvgIpc) is 2.73. The molecule has 102 valence electrons. The zero-order valence-electron chi connectivity index (χ0n) is 11.4. The van der Waals surface area contributed by atoms with Crippen LogP contribution in [0, 0.1) is 6.92 Å². The number of fused-ring (bicyclic) bond motifs is 1. The van der Waals surface area contributed by atoms with Crippen molar-refractivity contribution in [1.82, 2.24) is 0 Å². The van der Waals surface area contributed by atoms with E-state index < -0.39 is 5.97 Å². The lowest BCUT2D eigenvalue weighted by atomic mass is 10.1. The highest BCUT2D eigenvalue weighted by Crippen LogP contribution is 2.40. The van der Waals surface area contributed by atoms with E-state index in [1.54, 1.807) is 33.1 Å². The number of aryl methyl sites for hydroxylation is 1. The van der Waals surface area contributed by atoms with E-state index >= 15 is 0 Å². The molecule has 0 unspecified atom stereocenters. The van der Waals surface area contributed by atoms with Crippen molar-refractivity contribution in [3.63, 3.8) is 0 Å². The van der Waals surface area contributed by atoms with Crippen molar-refractivity contribution >= 4 is 16.9 Å². The minimum atomic E-state index is -0.426. The lowest BCUT2D eigenvalue weighted by Gasteiger charge is -2.09. The molecule has 5 nitrogen and oxygen atoms in total. The molecule has 5 heteroatoms. The Morgan fingerprint density at radius 1 is 1.26 bits per heavy atom. The van der Waals surface area contributed by atoms with Gasteiger partial charge >= 0.3 is 5.97 Å². The van der Waals surface area contributed by atoms with E-state index in [4.69, 9.17) is 18.6 Å². The summed E-state index contributed by atoms with van der Waals surface area (Å²) >= 11 is 0. The van der Waals surface area contributed by atoms with E-state index in [0.717, 1.165) is 0 Å². The van der Waals surface area contributed by atoms with Gasteiger partial charge in [0.2, 0.25) is 0 Å². The van der Waals surface area contributed by atoms with Crippen LogP contribution in [0.4, 0.5) is 0 Å². The molecule has 2 rings (SSSR count). The van der Waals surface area contributed by atoms with Gasteiger partial charge in [-0.1, -0.05) is 0 Å². The maximum absolute atomic E-state index is 12.0. The summed E-state index contributed by atoms with van der Waals surface area (Å²) in [6.45, 7) is 3.78. The van der Waals surface area contributed by atoms with Gasteiger partial charge in [-0.2, -0.15) is 0 Å². The molecule has 0 fully saturated rings. The van der Waals surface area contributed by atoms with E-state index in [-0.39, 0.29) is 0 Å². The fourth-order valence-corrected chi connectivity index (χ4v) is 2.07. The number of esters is 1. The first-order valence-corrected chi connectivity index (χ1v) is 5.95. The summed E-state index contributed by atoms with van der Waals surface area (Å²) in [5, 5.41) is 0.581. The van der Waals surface area contributed by atoms with Crippen LogP contribution >= 0.6 is 0 Å². The van der Waals surface area contributed by atoms with Gasteiger partial charge in [0.1, 0.15) is 16.9 Å². The van der Waals surface area contributed by atoms with Crippen molar-refractivity contribution in [1.29, 1.82) is 0 Å². The topological polar surface area (TPSA) is 57.9 Å². The summed E-state index contributed by atoms with van der Waals surface area (Å²) < 4.78 is 21.2. The Morgan fingerprint density at radius 3 is 2.58 bits per heavy atom. The first-order valence-electron chi connectivity index (χ1n) is 5.95. The molecule has 0 bridgehead atoms. The molecule has 0 amide bonds. The highest BCUT2D eigenvalue weighted by Gasteiger charge is 2.24. The lowest BCUT2D eigenvalue weighted by Crippen LogP contribution is -2.06. The summed E-state index contributed by atoms with van der Waals surface area (Å²) in [6, 6.07) is 3.48. The van der Waals surface area contributed by atoms with E-state index in [9.17, 15) is 4.79 Å². The maximum atomic E-state index is 12.0. The molecular formula is C14H16O5. The van der Waals surface area contributed by atoms with Crippen LogP contribution in [-0.4, -0.2) is 26.8 Å². The van der Waals surface area contributed by atoms with E-state index in [1.807, 2.05) is 0 Å². The number of benzene rings is 1. The fourth-order valence-electron chi connectivity index (χ4n) is 2.07. The summed E-state index contributed by atoms with van der Waals surface area (Å²) in [6.07, 6.45) is 0. The Kier molecular flexibility index (Phi) is 3.64. The molecule has 1 aromatic heterocycles. The number of carbonyl (C=O) groups is 1. The van der Waals surface area contributed by atoms with Crippen LogP contribution in [0.2, 0.25) is 0 Å². The van der Waals surface area contributed by atoms with E-state index in [2.05, 4.69) is 0 Å². The number of rotatable bonds is 4. The standard InChI is InChI=1S/C14H16O5/c1-5-18-14(15)11-8(2)19-9-6-7-10(16-3)13(17-4)12(9)11/h6-7H,5H2,1-4H3. The van der Waals surface area contributed by atoms with Crippen LogP contribution in [0.5, 0.6) is 11.5 Å². The van der Waals surface area contributed by atoms with Gasteiger partial charge in [-0.25, -0.2) is 4.79 Å². The molecule has 0 N–H and O–H groups in total. The van der Waals surface area contributed by atoms with Crippen LogP contribution in [0.3, 0.4) is 0 Å². The molecule has 0 radical (unpaired) electrons. The summed E-state index contributed by atoms with van der Waals surface area (Å²) in [7, 11) is 3.06. The van der Waals surface area contributed by atoms with Crippen molar-refractivity contribution in [2.75, 3.05) is 20.8 Å². The molecule has 0 atom stereocenters. The van der Waals surface area contributed by atoms with Crippen LogP contribution in [0.25, 0.3) is 11.0 Å². The summed E-state index contributed by atoms with van der Waals surface area (Å²) in [5.41, 5.74) is 0.950. The minimum absolute atomic E-state index is 0.303. The number of furan rings is 1. The largest absolute Gasteiger partial charge is 0.493 e. The first-order chi connectivity index (χ1) is 9.13. The Balaban J connectivity index is 2.75.